The molecule has 2 amide bonds. The van der Waals surface area contributed by atoms with Gasteiger partial charge in [-0.3, -0.25) is 9.59 Å². The van der Waals surface area contributed by atoms with Gasteiger partial charge in [-0.25, -0.2) is 0 Å². The average Bonchev–Trinajstić information content (AvgIpc) is 2.39. The van der Waals surface area contributed by atoms with E-state index in [-0.39, 0.29) is 24.3 Å². The lowest BCUT2D eigenvalue weighted by Gasteiger charge is -2.27. The Morgan fingerprint density at radius 3 is 2.95 bits per heavy atom. The highest BCUT2D eigenvalue weighted by Gasteiger charge is 2.25. The standard InChI is InChI=1S/C15H18N2O3/c1-17-12-7-10(5-6-13(12)20-9-14(17)18)8-16-15(19)11-3-2-4-11/h5-7,11H,2-4,8-9H2,1H3,(H,16,19). The van der Waals surface area contributed by atoms with Gasteiger partial charge in [0.15, 0.2) is 6.61 Å². The summed E-state index contributed by atoms with van der Waals surface area (Å²) in [5.41, 5.74) is 1.73. The summed E-state index contributed by atoms with van der Waals surface area (Å²) >= 11 is 0. The Kier molecular flexibility index (Phi) is 3.34. The van der Waals surface area contributed by atoms with Gasteiger partial charge in [0.2, 0.25) is 5.91 Å². The number of amides is 2. The molecule has 5 heteroatoms. The molecule has 2 aliphatic rings. The van der Waals surface area contributed by atoms with E-state index in [0.29, 0.717) is 12.3 Å². The zero-order valence-corrected chi connectivity index (χ0v) is 11.5. The Morgan fingerprint density at radius 2 is 2.25 bits per heavy atom. The topological polar surface area (TPSA) is 58.6 Å². The number of carbonyl (C=O) groups is 2. The van der Waals surface area contributed by atoms with Crippen molar-refractivity contribution < 1.29 is 14.3 Å². The fourth-order valence-electron chi connectivity index (χ4n) is 2.43. The number of likely N-dealkylation sites (N-methyl/N-ethyl adjacent to an activating group) is 1. The third-order valence-corrected chi connectivity index (χ3v) is 4.05. The number of hydrogen-bond donors (Lipinski definition) is 1. The molecular formula is C15H18N2O3. The highest BCUT2D eigenvalue weighted by molar-refractivity contribution is 5.97. The molecule has 1 aliphatic carbocycles. The summed E-state index contributed by atoms with van der Waals surface area (Å²) in [4.78, 5) is 25.0. The maximum atomic E-state index is 11.8. The summed E-state index contributed by atoms with van der Waals surface area (Å²) in [7, 11) is 1.74. The molecule has 20 heavy (non-hydrogen) atoms. The molecule has 1 fully saturated rings. The molecule has 0 aromatic heterocycles. The minimum absolute atomic E-state index is 0.0619. The molecule has 0 saturated heterocycles. The van der Waals surface area contributed by atoms with E-state index < -0.39 is 0 Å². The van der Waals surface area contributed by atoms with Crippen LogP contribution >= 0.6 is 0 Å². The van der Waals surface area contributed by atoms with Gasteiger partial charge in [-0.2, -0.15) is 0 Å². The Labute approximate surface area is 117 Å². The van der Waals surface area contributed by atoms with Crippen molar-refractivity contribution in [1.82, 2.24) is 5.32 Å². The molecule has 3 rings (SSSR count). The van der Waals surface area contributed by atoms with E-state index in [1.54, 1.807) is 11.9 Å². The Morgan fingerprint density at radius 1 is 1.45 bits per heavy atom. The first kappa shape index (κ1) is 13.0. The molecule has 1 heterocycles. The minimum Gasteiger partial charge on any atom is -0.482 e. The number of hydrogen-bond acceptors (Lipinski definition) is 3. The lowest BCUT2D eigenvalue weighted by molar-refractivity contribution is -0.127. The van der Waals surface area contributed by atoms with Crippen LogP contribution < -0.4 is 15.0 Å². The van der Waals surface area contributed by atoms with Gasteiger partial charge in [-0.15, -0.1) is 0 Å². The van der Waals surface area contributed by atoms with E-state index in [1.807, 2.05) is 18.2 Å². The van der Waals surface area contributed by atoms with Crippen LogP contribution in [0, 0.1) is 5.92 Å². The highest BCUT2D eigenvalue weighted by atomic mass is 16.5. The third-order valence-electron chi connectivity index (χ3n) is 4.05. The second-order valence-corrected chi connectivity index (χ2v) is 5.39. The van der Waals surface area contributed by atoms with Gasteiger partial charge in [0.25, 0.3) is 5.91 Å². The normalized spacial score (nSPS) is 18.1. The molecule has 0 unspecified atom stereocenters. The largest absolute Gasteiger partial charge is 0.482 e. The maximum absolute atomic E-state index is 11.8. The van der Waals surface area contributed by atoms with Crippen molar-refractivity contribution in [2.45, 2.75) is 25.8 Å². The molecule has 5 nitrogen and oxygen atoms in total. The molecular weight excluding hydrogens is 256 g/mol. The van der Waals surface area contributed by atoms with Crippen LogP contribution in [0.25, 0.3) is 0 Å². The van der Waals surface area contributed by atoms with Gasteiger partial charge in [0.05, 0.1) is 5.69 Å². The van der Waals surface area contributed by atoms with Crippen LogP contribution in [0.1, 0.15) is 24.8 Å². The number of nitrogens with zero attached hydrogens (tertiary/aromatic N) is 1. The summed E-state index contributed by atoms with van der Waals surface area (Å²) in [6, 6.07) is 5.67. The maximum Gasteiger partial charge on any atom is 0.264 e. The first-order valence-corrected chi connectivity index (χ1v) is 6.95. The van der Waals surface area contributed by atoms with Gasteiger partial charge in [0, 0.05) is 19.5 Å². The lowest BCUT2D eigenvalue weighted by atomic mass is 9.85. The monoisotopic (exact) mass is 274 g/mol. The van der Waals surface area contributed by atoms with Crippen LogP contribution in [0.4, 0.5) is 5.69 Å². The summed E-state index contributed by atoms with van der Waals surface area (Å²) in [6.45, 7) is 0.575. The number of nitrogens with one attached hydrogen (secondary N) is 1. The van der Waals surface area contributed by atoms with Gasteiger partial charge in [0.1, 0.15) is 5.75 Å². The second-order valence-electron chi connectivity index (χ2n) is 5.39. The number of anilines is 1. The second kappa shape index (κ2) is 5.15. The first-order valence-electron chi connectivity index (χ1n) is 6.95. The van der Waals surface area contributed by atoms with E-state index in [4.69, 9.17) is 4.74 Å². The van der Waals surface area contributed by atoms with Crippen LogP contribution in [0.2, 0.25) is 0 Å². The molecule has 0 bridgehead atoms. The Balaban J connectivity index is 1.68. The number of fused-ring (bicyclic) bond motifs is 1. The molecule has 1 aromatic carbocycles. The van der Waals surface area contributed by atoms with Gasteiger partial charge in [-0.1, -0.05) is 12.5 Å². The van der Waals surface area contributed by atoms with E-state index in [2.05, 4.69) is 5.32 Å². The van der Waals surface area contributed by atoms with Gasteiger partial charge < -0.3 is 15.0 Å². The number of rotatable bonds is 3. The molecule has 0 atom stereocenters. The molecule has 1 saturated carbocycles. The molecule has 0 spiro atoms. The first-order chi connectivity index (χ1) is 9.65. The van der Waals surface area contributed by atoms with E-state index in [9.17, 15) is 9.59 Å². The average molecular weight is 274 g/mol. The van der Waals surface area contributed by atoms with E-state index in [0.717, 1.165) is 30.5 Å². The van der Waals surface area contributed by atoms with Crippen molar-refractivity contribution in [3.8, 4) is 5.75 Å². The Bertz CT molecular complexity index is 552. The number of benzene rings is 1. The van der Waals surface area contributed by atoms with Crippen LogP contribution in [0.3, 0.4) is 0 Å². The third kappa shape index (κ3) is 2.35. The molecule has 0 radical (unpaired) electrons. The Hall–Kier alpha value is -2.04. The smallest absolute Gasteiger partial charge is 0.264 e. The summed E-state index contributed by atoms with van der Waals surface area (Å²) in [6.07, 6.45) is 3.16. The van der Waals surface area contributed by atoms with Crippen molar-refractivity contribution >= 4 is 17.5 Å². The lowest BCUT2D eigenvalue weighted by Crippen LogP contribution is -2.36. The van der Waals surface area contributed by atoms with Crippen LogP contribution in [-0.4, -0.2) is 25.5 Å². The van der Waals surface area contributed by atoms with Crippen molar-refractivity contribution in [2.24, 2.45) is 5.92 Å². The molecule has 106 valence electrons. The fourth-order valence-corrected chi connectivity index (χ4v) is 2.43. The molecule has 1 aliphatic heterocycles. The minimum atomic E-state index is -0.0619. The predicted octanol–water partition coefficient (Wildman–Crippen LogP) is 1.46. The summed E-state index contributed by atoms with van der Waals surface area (Å²) < 4.78 is 5.37. The highest BCUT2D eigenvalue weighted by Crippen LogP contribution is 2.32. The molecule has 1 aromatic rings. The number of carbonyl (C=O) groups excluding carboxylic acids is 2. The van der Waals surface area contributed by atoms with Gasteiger partial charge >= 0.3 is 0 Å². The van der Waals surface area contributed by atoms with Crippen molar-refractivity contribution in [1.29, 1.82) is 0 Å². The van der Waals surface area contributed by atoms with Crippen molar-refractivity contribution in [3.05, 3.63) is 23.8 Å². The van der Waals surface area contributed by atoms with Crippen molar-refractivity contribution in [3.63, 3.8) is 0 Å². The summed E-state index contributed by atoms with van der Waals surface area (Å²) in [5.74, 6) is 0.976. The molecule has 1 N–H and O–H groups in total. The van der Waals surface area contributed by atoms with Crippen LogP contribution in [0.5, 0.6) is 5.75 Å². The quantitative estimate of drug-likeness (QED) is 0.907. The zero-order chi connectivity index (χ0) is 14.1. The van der Waals surface area contributed by atoms with Gasteiger partial charge in [-0.05, 0) is 30.5 Å². The predicted molar refractivity (Wildman–Crippen MR) is 74.5 cm³/mol. The van der Waals surface area contributed by atoms with Crippen LogP contribution in [0.15, 0.2) is 18.2 Å². The van der Waals surface area contributed by atoms with Crippen molar-refractivity contribution in [2.75, 3.05) is 18.6 Å². The fraction of sp³-hybridized carbons (Fsp3) is 0.467. The summed E-state index contributed by atoms with van der Waals surface area (Å²) in [5, 5.41) is 2.95. The zero-order valence-electron chi connectivity index (χ0n) is 11.5. The SMILES string of the molecule is CN1C(=O)COc2ccc(CNC(=O)C3CCC3)cc21. The van der Waals surface area contributed by atoms with Crippen LogP contribution in [-0.2, 0) is 16.1 Å². The van der Waals surface area contributed by atoms with E-state index >= 15 is 0 Å². The van der Waals surface area contributed by atoms with E-state index in [1.165, 1.54) is 0 Å². The number of ether oxygens (including phenoxy) is 1.